The number of likely N-dealkylation sites (tertiary alicyclic amines) is 1. The molecule has 1 fully saturated rings. The lowest BCUT2D eigenvalue weighted by atomic mass is 10.3. The van der Waals surface area contributed by atoms with Gasteiger partial charge in [-0.05, 0) is 57.1 Å². The minimum absolute atomic E-state index is 0.363. The van der Waals surface area contributed by atoms with Crippen LogP contribution in [-0.2, 0) is 13.0 Å². The van der Waals surface area contributed by atoms with Crippen LogP contribution in [0.4, 0.5) is 21.4 Å². The first-order valence-corrected chi connectivity index (χ1v) is 13.2. The molecular formula is C24H28ClN9OS. The molecule has 10 nitrogen and oxygen atoms in total. The number of aromatic nitrogens is 5. The number of benzene rings is 1. The molecule has 5 rings (SSSR count). The molecule has 3 N–H and O–H groups in total. The van der Waals surface area contributed by atoms with Gasteiger partial charge >= 0.3 is 6.03 Å². The minimum atomic E-state index is -0.363. The Morgan fingerprint density at radius 1 is 1.08 bits per heavy atom. The first-order valence-electron chi connectivity index (χ1n) is 12.0. The summed E-state index contributed by atoms with van der Waals surface area (Å²) in [6.45, 7) is 5.01. The summed E-state index contributed by atoms with van der Waals surface area (Å²) in [5, 5.41) is 14.6. The summed E-state index contributed by atoms with van der Waals surface area (Å²) in [5.74, 6) is 0.780. The van der Waals surface area contributed by atoms with E-state index >= 15 is 0 Å². The fourth-order valence-electron chi connectivity index (χ4n) is 4.28. The van der Waals surface area contributed by atoms with Crippen molar-refractivity contribution in [2.24, 2.45) is 0 Å². The van der Waals surface area contributed by atoms with E-state index in [4.69, 9.17) is 11.6 Å². The van der Waals surface area contributed by atoms with Crippen molar-refractivity contribution in [3.05, 3.63) is 52.9 Å². The first-order chi connectivity index (χ1) is 17.6. The highest BCUT2D eigenvalue weighted by atomic mass is 35.5. The molecule has 1 aliphatic rings. The number of thiazole rings is 1. The van der Waals surface area contributed by atoms with Gasteiger partial charge in [-0.3, -0.25) is 10.00 Å². The summed E-state index contributed by atoms with van der Waals surface area (Å²) >= 11 is 7.40. The Balaban J connectivity index is 1.13. The molecule has 3 aromatic heterocycles. The van der Waals surface area contributed by atoms with Crippen molar-refractivity contribution >= 4 is 56.6 Å². The van der Waals surface area contributed by atoms with Crippen LogP contribution in [0, 0.1) is 0 Å². The predicted molar refractivity (Wildman–Crippen MR) is 144 cm³/mol. The second-order valence-corrected chi connectivity index (χ2v) is 10.2. The monoisotopic (exact) mass is 525 g/mol. The topological polar surface area (TPSA) is 113 Å². The Kier molecular flexibility index (Phi) is 7.89. The smallest absolute Gasteiger partial charge is 0.325 e. The van der Waals surface area contributed by atoms with E-state index in [-0.39, 0.29) is 6.03 Å². The van der Waals surface area contributed by atoms with Crippen LogP contribution in [0.15, 0.2) is 43.0 Å². The van der Waals surface area contributed by atoms with E-state index in [1.165, 1.54) is 37.3 Å². The zero-order valence-electron chi connectivity index (χ0n) is 19.8. The highest BCUT2D eigenvalue weighted by Crippen LogP contribution is 2.22. The molecule has 1 aliphatic heterocycles. The van der Waals surface area contributed by atoms with Gasteiger partial charge in [0.2, 0.25) is 0 Å². The molecule has 0 bridgehead atoms. The van der Waals surface area contributed by atoms with Crippen molar-refractivity contribution in [2.45, 2.75) is 32.2 Å². The average Bonchev–Trinajstić information content (AvgIpc) is 3.62. The van der Waals surface area contributed by atoms with Crippen LogP contribution in [-0.4, -0.2) is 61.8 Å². The van der Waals surface area contributed by atoms with E-state index in [1.807, 2.05) is 4.68 Å². The number of rotatable bonds is 10. The number of fused-ring (bicyclic) bond motifs is 1. The highest BCUT2D eigenvalue weighted by molar-refractivity contribution is 7.15. The summed E-state index contributed by atoms with van der Waals surface area (Å²) in [5.41, 5.74) is 2.39. The summed E-state index contributed by atoms with van der Waals surface area (Å²) in [6, 6.07) is 6.62. The van der Waals surface area contributed by atoms with Crippen LogP contribution in [0.25, 0.3) is 11.0 Å². The third kappa shape index (κ3) is 6.28. The lowest BCUT2D eigenvalue weighted by Crippen LogP contribution is -2.21. The van der Waals surface area contributed by atoms with E-state index in [1.54, 1.807) is 43.0 Å². The Hall–Kier alpha value is -3.28. The zero-order chi connectivity index (χ0) is 24.7. The molecule has 1 saturated heterocycles. The van der Waals surface area contributed by atoms with E-state index in [9.17, 15) is 4.79 Å². The molecule has 0 aliphatic carbocycles. The number of carbonyl (C=O) groups excluding carboxylic acids is 1. The third-order valence-corrected chi connectivity index (χ3v) is 7.20. The van der Waals surface area contributed by atoms with Gasteiger partial charge in [0.25, 0.3) is 0 Å². The van der Waals surface area contributed by atoms with Crippen molar-refractivity contribution in [3.8, 4) is 0 Å². The van der Waals surface area contributed by atoms with Gasteiger partial charge < -0.3 is 15.5 Å². The van der Waals surface area contributed by atoms with Crippen LogP contribution < -0.4 is 16.0 Å². The van der Waals surface area contributed by atoms with E-state index in [0.29, 0.717) is 22.4 Å². The van der Waals surface area contributed by atoms with Crippen molar-refractivity contribution < 1.29 is 4.79 Å². The van der Waals surface area contributed by atoms with Crippen LogP contribution >= 0.6 is 22.9 Å². The fraction of sp³-hybridized carbons (Fsp3) is 0.375. The number of anilines is 3. The molecule has 2 amide bonds. The average molecular weight is 526 g/mol. The number of hydrogen-bond donors (Lipinski definition) is 3. The summed E-state index contributed by atoms with van der Waals surface area (Å²) < 4.78 is 2.00. The van der Waals surface area contributed by atoms with Crippen molar-refractivity contribution in [1.29, 1.82) is 0 Å². The Morgan fingerprint density at radius 3 is 2.83 bits per heavy atom. The van der Waals surface area contributed by atoms with E-state index in [2.05, 4.69) is 40.9 Å². The summed E-state index contributed by atoms with van der Waals surface area (Å²) in [4.78, 5) is 29.0. The summed E-state index contributed by atoms with van der Waals surface area (Å²) in [7, 11) is 0. The van der Waals surface area contributed by atoms with Crippen LogP contribution in [0.3, 0.4) is 0 Å². The fourth-order valence-corrected chi connectivity index (χ4v) is 5.28. The van der Waals surface area contributed by atoms with Crippen molar-refractivity contribution in [2.75, 3.05) is 42.1 Å². The minimum Gasteiger partial charge on any atom is -0.368 e. The van der Waals surface area contributed by atoms with Gasteiger partial charge in [0.15, 0.2) is 10.9 Å². The quantitative estimate of drug-likeness (QED) is 0.274. The lowest BCUT2D eigenvalue weighted by molar-refractivity contribution is 0.262. The van der Waals surface area contributed by atoms with E-state index < -0.39 is 0 Å². The lowest BCUT2D eigenvalue weighted by Gasteiger charge is -2.14. The molecule has 0 radical (unpaired) electrons. The number of carbonyl (C=O) groups is 1. The van der Waals surface area contributed by atoms with Gasteiger partial charge in [-0.2, -0.15) is 5.10 Å². The number of hydrogen-bond acceptors (Lipinski definition) is 8. The van der Waals surface area contributed by atoms with Gasteiger partial charge in [0.1, 0.15) is 17.4 Å². The zero-order valence-corrected chi connectivity index (χ0v) is 21.4. The molecular weight excluding hydrogens is 498 g/mol. The molecule has 4 heterocycles. The van der Waals surface area contributed by atoms with Gasteiger partial charge in [0.05, 0.1) is 6.20 Å². The van der Waals surface area contributed by atoms with Gasteiger partial charge in [-0.25, -0.2) is 19.7 Å². The number of halogens is 1. The standard InChI is InChI=1S/C24H28ClN9OS/c25-17-5-3-6-18(13-17)31-23(35)32-24-27-14-19(36-24)7-8-26-22-21-20(28-16-29-22)15-30-34(21)12-4-11-33-9-1-2-10-33/h3,5-6,13-16H,1-2,4,7-12H2,(H,26,28,29)(H2,27,31,32,35). The maximum atomic E-state index is 12.2. The molecule has 1 aromatic carbocycles. The first kappa shape index (κ1) is 24.4. The largest absolute Gasteiger partial charge is 0.368 e. The number of amides is 2. The van der Waals surface area contributed by atoms with E-state index in [0.717, 1.165) is 47.7 Å². The molecule has 0 saturated carbocycles. The highest BCUT2D eigenvalue weighted by Gasteiger charge is 2.14. The Bertz CT molecular complexity index is 1320. The van der Waals surface area contributed by atoms with Gasteiger partial charge in [0, 0.05) is 41.3 Å². The van der Waals surface area contributed by atoms with Gasteiger partial charge in [-0.15, -0.1) is 11.3 Å². The van der Waals surface area contributed by atoms with Crippen molar-refractivity contribution in [3.63, 3.8) is 0 Å². The molecule has 0 unspecified atom stereocenters. The third-order valence-electron chi connectivity index (χ3n) is 5.99. The summed E-state index contributed by atoms with van der Waals surface area (Å²) in [6.07, 6.45) is 9.54. The molecule has 0 spiro atoms. The molecule has 0 atom stereocenters. The Labute approximate surface area is 218 Å². The maximum absolute atomic E-state index is 12.2. The normalized spacial score (nSPS) is 13.8. The number of urea groups is 1. The van der Waals surface area contributed by atoms with Gasteiger partial charge in [-0.1, -0.05) is 17.7 Å². The second-order valence-electron chi connectivity index (χ2n) is 8.62. The van der Waals surface area contributed by atoms with Crippen LogP contribution in [0.5, 0.6) is 0 Å². The Morgan fingerprint density at radius 2 is 1.97 bits per heavy atom. The van der Waals surface area contributed by atoms with Crippen molar-refractivity contribution in [1.82, 2.24) is 29.6 Å². The molecule has 4 aromatic rings. The number of nitrogens with one attached hydrogen (secondary N) is 3. The van der Waals surface area contributed by atoms with Crippen LogP contribution in [0.2, 0.25) is 5.02 Å². The maximum Gasteiger partial charge on any atom is 0.325 e. The predicted octanol–water partition coefficient (Wildman–Crippen LogP) is 4.72. The molecule has 12 heteroatoms. The SMILES string of the molecule is O=C(Nc1cccc(Cl)c1)Nc1ncc(CCNc2ncnc3cnn(CCCN4CCCC4)c23)s1. The number of aryl methyl sites for hydroxylation is 1. The van der Waals surface area contributed by atoms with Crippen LogP contribution in [0.1, 0.15) is 24.1 Å². The molecule has 188 valence electrons. The number of nitrogens with zero attached hydrogens (tertiary/aromatic N) is 6. The molecule has 36 heavy (non-hydrogen) atoms. The second kappa shape index (κ2) is 11.6.